The van der Waals surface area contributed by atoms with Gasteiger partial charge in [0.2, 0.25) is 0 Å². The second-order valence-electron chi connectivity index (χ2n) is 4.32. The standard InChI is InChI=1S/C6H6Cl2N2O.C6H6F2N2O.CH3I.CH4.3HI.V/c2*1-10-2-4(3-11)5(9-10)6(7)8;1-2;;;;;/h2*2-3,6H,1H3;1H3;1H4;3*1H;/q;;;;;;;+3/p-3. The van der Waals surface area contributed by atoms with Crippen LogP contribution in [0.15, 0.2) is 12.4 Å². The first-order chi connectivity index (χ1) is 13.0. The number of aryl methyl sites for hydroxylation is 2. The summed E-state index contributed by atoms with van der Waals surface area (Å²) in [5.74, 6) is 0. The Morgan fingerprint density at radius 1 is 0.966 bits per heavy atom. The third-order valence-corrected chi connectivity index (χ3v) is 2.86. The molecule has 0 spiro atoms. The molecule has 2 rings (SSSR count). The minimum atomic E-state index is -2.68. The van der Waals surface area contributed by atoms with Crippen molar-refractivity contribution >= 4 is 118 Å². The first kappa shape index (κ1) is 35.3. The van der Waals surface area contributed by atoms with Gasteiger partial charge in [0.25, 0.3) is 6.43 Å². The number of carbonyl (C=O) groups is 2. The molecule has 0 bridgehead atoms. The van der Waals surface area contributed by atoms with E-state index in [0.29, 0.717) is 23.8 Å². The number of carbonyl (C=O) groups excluding carboxylic acids is 2. The van der Waals surface area contributed by atoms with Crippen LogP contribution in [0.5, 0.6) is 0 Å². The van der Waals surface area contributed by atoms with Gasteiger partial charge in [0, 0.05) is 26.5 Å². The average molecular weight is 943 g/mol. The van der Waals surface area contributed by atoms with E-state index < -0.39 is 17.0 Å². The van der Waals surface area contributed by atoms with Gasteiger partial charge in [-0.2, -0.15) is 10.2 Å². The summed E-state index contributed by atoms with van der Waals surface area (Å²) in [4.78, 5) is 21.5. The van der Waals surface area contributed by atoms with Crippen molar-refractivity contribution in [1.82, 2.24) is 19.6 Å². The Labute approximate surface area is 230 Å². The predicted molar refractivity (Wildman–Crippen MR) is 145 cm³/mol. The van der Waals surface area contributed by atoms with E-state index in [1.165, 1.54) is 22.6 Å². The fourth-order valence-electron chi connectivity index (χ4n) is 1.57. The van der Waals surface area contributed by atoms with Crippen molar-refractivity contribution in [1.29, 1.82) is 0 Å². The predicted octanol–water partition coefficient (Wildman–Crippen LogP) is 7.22. The number of hydrogen-bond acceptors (Lipinski definition) is 4. The fraction of sp³-hybridized carbons (Fsp3) is 0.429. The van der Waals surface area contributed by atoms with Gasteiger partial charge < -0.3 is 0 Å². The summed E-state index contributed by atoms with van der Waals surface area (Å²) in [5, 5.41) is 7.32. The van der Waals surface area contributed by atoms with Crippen molar-refractivity contribution in [3.8, 4) is 0 Å². The number of halogens is 8. The average Bonchev–Trinajstić information content (AvgIpc) is 3.19. The van der Waals surface area contributed by atoms with Crippen LogP contribution in [0.3, 0.4) is 0 Å². The van der Waals surface area contributed by atoms with E-state index in [2.05, 4.69) is 92.7 Å². The van der Waals surface area contributed by atoms with Crippen molar-refractivity contribution < 1.29 is 23.3 Å². The zero-order valence-electron chi connectivity index (χ0n) is 14.5. The molecule has 0 aliphatic carbocycles. The Balaban J connectivity index is -0.000000359. The van der Waals surface area contributed by atoms with E-state index in [4.69, 9.17) is 23.2 Å². The van der Waals surface area contributed by atoms with Gasteiger partial charge in [0.05, 0.1) is 11.1 Å². The van der Waals surface area contributed by atoms with E-state index in [-0.39, 0.29) is 17.9 Å². The summed E-state index contributed by atoms with van der Waals surface area (Å²) < 4.78 is 26.7. The molecule has 0 saturated heterocycles. The number of nitrogens with zero attached hydrogens (tertiary/aromatic N) is 4. The van der Waals surface area contributed by atoms with Crippen LogP contribution in [-0.2, 0) is 19.0 Å². The Morgan fingerprint density at radius 3 is 1.48 bits per heavy atom. The van der Waals surface area contributed by atoms with Gasteiger partial charge in [0.1, 0.15) is 11.4 Å². The number of rotatable bonds is 4. The molecule has 0 unspecified atom stereocenters. The molecule has 2 aromatic heterocycles. The number of aldehydes is 2. The summed E-state index contributed by atoms with van der Waals surface area (Å²) in [6.45, 7) is 0. The Bertz CT molecular complexity index is 663. The van der Waals surface area contributed by atoms with E-state index in [9.17, 15) is 18.4 Å². The molecule has 0 atom stereocenters. The van der Waals surface area contributed by atoms with E-state index in [1.54, 1.807) is 13.2 Å². The van der Waals surface area contributed by atoms with Crippen LogP contribution in [0, 0.1) is 0 Å². The van der Waals surface area contributed by atoms with Crippen molar-refractivity contribution in [3.63, 3.8) is 0 Å². The summed E-state index contributed by atoms with van der Waals surface area (Å²) in [6.07, 6.45) is 1.19. The number of aromatic nitrogens is 4. The van der Waals surface area contributed by atoms with Crippen LogP contribution in [0.25, 0.3) is 0 Å². The third-order valence-electron chi connectivity index (χ3n) is 2.44. The van der Waals surface area contributed by atoms with Crippen molar-refractivity contribution in [2.45, 2.75) is 18.7 Å². The first-order valence-electron chi connectivity index (χ1n) is 6.72. The monoisotopic (exact) mass is 942 g/mol. The van der Waals surface area contributed by atoms with Gasteiger partial charge in [-0.25, -0.2) is 8.78 Å². The minimum absolute atomic E-state index is 0. The second kappa shape index (κ2) is 20.3. The summed E-state index contributed by atoms with van der Waals surface area (Å²) in [5.41, 5.74) is 0.332. The Hall–Kier alpha value is 1.70. The Kier molecular flexibility index (Phi) is 24.7. The van der Waals surface area contributed by atoms with Crippen LogP contribution in [-0.4, -0.2) is 37.1 Å². The molecule has 0 saturated carbocycles. The molecule has 0 radical (unpaired) electrons. The molecule has 168 valence electrons. The maximum atomic E-state index is 12.0. The fourth-order valence-corrected chi connectivity index (χ4v) is 1.91. The van der Waals surface area contributed by atoms with Gasteiger partial charge in [-0.1, -0.05) is 53.2 Å². The molecule has 6 nitrogen and oxygen atoms in total. The van der Waals surface area contributed by atoms with Crippen molar-refractivity contribution in [2.24, 2.45) is 14.1 Å². The number of alkyl halides is 5. The molecule has 0 aliphatic heterocycles. The molecule has 0 aromatic carbocycles. The topological polar surface area (TPSA) is 69.8 Å². The van der Waals surface area contributed by atoms with E-state index >= 15 is 0 Å². The van der Waals surface area contributed by atoms with Gasteiger partial charge >= 0.3 is 64.9 Å². The third kappa shape index (κ3) is 16.0. The Morgan fingerprint density at radius 2 is 1.28 bits per heavy atom. The zero-order valence-corrected chi connectivity index (χ0v) is 26.1. The summed E-state index contributed by atoms with van der Waals surface area (Å²) in [6, 6.07) is 0. The molecule has 2 aromatic rings. The normalized spacial score (nSPS) is 9.45. The van der Waals surface area contributed by atoms with Gasteiger partial charge in [-0.05, 0) is 4.93 Å². The van der Waals surface area contributed by atoms with Crippen LogP contribution >= 0.6 is 106 Å². The van der Waals surface area contributed by atoms with Gasteiger partial charge in [0.15, 0.2) is 17.4 Å². The van der Waals surface area contributed by atoms with Crippen LogP contribution in [0.2, 0.25) is 0 Å². The molecule has 0 aliphatic rings. The second-order valence-corrected chi connectivity index (χ2v) is 40.8. The van der Waals surface area contributed by atoms with Crippen LogP contribution < -0.4 is 0 Å². The van der Waals surface area contributed by atoms with E-state index in [0.717, 1.165) is 0 Å². The molecule has 0 fully saturated rings. The first-order valence-corrected chi connectivity index (χ1v) is 23.3. The molecule has 29 heavy (non-hydrogen) atoms. The molecule has 0 N–H and O–H groups in total. The molecular formula is C14H19Cl2F2I4N4O2V. The molecule has 2 heterocycles. The van der Waals surface area contributed by atoms with Crippen molar-refractivity contribution in [2.75, 3.05) is 4.93 Å². The van der Waals surface area contributed by atoms with Crippen LogP contribution in [0.4, 0.5) is 8.78 Å². The van der Waals surface area contributed by atoms with Gasteiger partial charge in [-0.3, -0.25) is 19.0 Å². The van der Waals surface area contributed by atoms with E-state index in [1.807, 2.05) is 4.93 Å². The summed E-state index contributed by atoms with van der Waals surface area (Å²) in [7, 11) is 3.19. The van der Waals surface area contributed by atoms with Gasteiger partial charge in [-0.15, -0.1) is 0 Å². The number of hydrogen-bond donors (Lipinski definition) is 0. The van der Waals surface area contributed by atoms with Crippen molar-refractivity contribution in [3.05, 3.63) is 34.9 Å². The molecular weight excluding hydrogens is 924 g/mol. The summed E-state index contributed by atoms with van der Waals surface area (Å²) >= 11 is 20.6. The SMILES string of the molecule is C.CI.Cn1cc(C=O)c(C(Cl)Cl)n1.Cn1cc(C=O)c(C(F)F)n1.[I][V]([I])[I]. The quantitative estimate of drug-likeness (QED) is 0.185. The maximum absolute atomic E-state index is 12.0. The molecule has 0 amide bonds. The molecule has 15 heteroatoms. The zero-order chi connectivity index (χ0) is 22.4. The van der Waals surface area contributed by atoms with Crippen LogP contribution in [0.1, 0.15) is 50.8 Å².